The topological polar surface area (TPSA) is 71.5 Å². The predicted molar refractivity (Wildman–Crippen MR) is 86.1 cm³/mol. The van der Waals surface area contributed by atoms with Gasteiger partial charge >= 0.3 is 0 Å². The van der Waals surface area contributed by atoms with Gasteiger partial charge in [0.15, 0.2) is 0 Å². The Balaban J connectivity index is 1.98. The quantitative estimate of drug-likeness (QED) is 0.738. The van der Waals surface area contributed by atoms with E-state index in [0.29, 0.717) is 18.7 Å². The highest BCUT2D eigenvalue weighted by Gasteiger charge is 2.35. The van der Waals surface area contributed by atoms with Crippen LogP contribution < -0.4 is 5.32 Å². The molecular formula is C14H20N2O3S2. The van der Waals surface area contributed by atoms with Crippen molar-refractivity contribution in [2.45, 2.75) is 17.0 Å². The fraction of sp³-hybridized carbons (Fsp3) is 0.571. The highest BCUT2D eigenvalue weighted by atomic mass is 32.2. The van der Waals surface area contributed by atoms with E-state index < -0.39 is 0 Å². The van der Waals surface area contributed by atoms with Gasteiger partial charge in [-0.05, 0) is 30.6 Å². The molecule has 1 aliphatic heterocycles. The molecule has 116 valence electrons. The van der Waals surface area contributed by atoms with Crippen molar-refractivity contribution < 1.29 is 14.6 Å². The van der Waals surface area contributed by atoms with Crippen LogP contribution in [0.4, 0.5) is 0 Å². The first-order chi connectivity index (χ1) is 10.2. The van der Waals surface area contributed by atoms with Crippen LogP contribution in [0.15, 0.2) is 23.4 Å². The first kappa shape index (κ1) is 16.6. The zero-order valence-corrected chi connectivity index (χ0v) is 13.6. The van der Waals surface area contributed by atoms with Gasteiger partial charge in [0.1, 0.15) is 5.03 Å². The molecule has 1 unspecified atom stereocenters. The van der Waals surface area contributed by atoms with Crippen molar-refractivity contribution in [2.75, 3.05) is 37.5 Å². The van der Waals surface area contributed by atoms with Gasteiger partial charge in [-0.3, -0.25) is 4.79 Å². The van der Waals surface area contributed by atoms with Gasteiger partial charge in [0.05, 0.1) is 24.4 Å². The molecule has 1 aromatic rings. The summed E-state index contributed by atoms with van der Waals surface area (Å²) in [6.07, 6.45) is 4.47. The number of pyridine rings is 1. The van der Waals surface area contributed by atoms with Crippen molar-refractivity contribution in [1.82, 2.24) is 10.3 Å². The second kappa shape index (κ2) is 8.03. The average Bonchev–Trinajstić information content (AvgIpc) is 3.00. The van der Waals surface area contributed by atoms with Gasteiger partial charge in [0.2, 0.25) is 0 Å². The molecule has 0 saturated carbocycles. The number of nitrogens with zero attached hydrogens (tertiary/aromatic N) is 1. The maximum Gasteiger partial charge on any atom is 0.254 e. The summed E-state index contributed by atoms with van der Waals surface area (Å²) in [5.74, 6) is 1.73. The van der Waals surface area contributed by atoms with E-state index in [1.165, 1.54) is 11.8 Å². The maximum absolute atomic E-state index is 12.3. The fourth-order valence-corrected chi connectivity index (χ4v) is 4.13. The lowest BCUT2D eigenvalue weighted by atomic mass is 10.0. The average molecular weight is 328 g/mol. The van der Waals surface area contributed by atoms with Crippen LogP contribution >= 0.6 is 23.5 Å². The Bertz CT molecular complexity index is 479. The third kappa shape index (κ3) is 4.35. The number of ether oxygens (including phenoxy) is 1. The normalized spacial score (nSPS) is 21.4. The van der Waals surface area contributed by atoms with E-state index in [1.807, 2.05) is 18.0 Å². The number of hydrogen-bond acceptors (Lipinski definition) is 6. The monoisotopic (exact) mass is 328 g/mol. The summed E-state index contributed by atoms with van der Waals surface area (Å²) in [6, 6.07) is 3.54. The van der Waals surface area contributed by atoms with Gasteiger partial charge in [-0.25, -0.2) is 4.98 Å². The lowest BCUT2D eigenvalue weighted by Gasteiger charge is -2.28. The second-order valence-electron chi connectivity index (χ2n) is 4.80. The van der Waals surface area contributed by atoms with Gasteiger partial charge in [-0.1, -0.05) is 0 Å². The zero-order valence-electron chi connectivity index (χ0n) is 12.0. The molecule has 1 aliphatic rings. The van der Waals surface area contributed by atoms with E-state index in [4.69, 9.17) is 9.84 Å². The number of carbonyl (C=O) groups is 1. The fourth-order valence-electron chi connectivity index (χ4n) is 2.22. The number of hydrogen-bond donors (Lipinski definition) is 2. The Kier molecular flexibility index (Phi) is 6.35. The molecule has 1 saturated heterocycles. The van der Waals surface area contributed by atoms with Crippen molar-refractivity contribution in [1.29, 1.82) is 0 Å². The Hall–Kier alpha value is -0.760. The third-order valence-corrected chi connectivity index (χ3v) is 5.28. The highest BCUT2D eigenvalue weighted by molar-refractivity contribution is 7.99. The van der Waals surface area contributed by atoms with Crippen molar-refractivity contribution in [3.63, 3.8) is 0 Å². The van der Waals surface area contributed by atoms with Gasteiger partial charge in [0.25, 0.3) is 5.91 Å². The van der Waals surface area contributed by atoms with Crippen molar-refractivity contribution >= 4 is 29.4 Å². The van der Waals surface area contributed by atoms with Gasteiger partial charge in [0, 0.05) is 18.5 Å². The minimum Gasteiger partial charge on any atom is -0.394 e. The summed E-state index contributed by atoms with van der Waals surface area (Å²) in [5.41, 5.74) is 0.234. The smallest absolute Gasteiger partial charge is 0.254 e. The van der Waals surface area contributed by atoms with Crippen LogP contribution in [-0.4, -0.2) is 59.1 Å². The summed E-state index contributed by atoms with van der Waals surface area (Å²) < 4.78 is 5.78. The molecular weight excluding hydrogens is 308 g/mol. The summed E-state index contributed by atoms with van der Waals surface area (Å²) in [4.78, 5) is 16.5. The number of nitrogens with one attached hydrogen (secondary N) is 1. The van der Waals surface area contributed by atoms with Crippen LogP contribution in [0, 0.1) is 0 Å². The largest absolute Gasteiger partial charge is 0.394 e. The molecule has 1 amide bonds. The molecule has 1 fully saturated rings. The van der Waals surface area contributed by atoms with Crippen LogP contribution in [-0.2, 0) is 4.74 Å². The molecule has 1 atom stereocenters. The molecule has 0 radical (unpaired) electrons. The molecule has 0 spiro atoms. The van der Waals surface area contributed by atoms with Crippen LogP contribution in [0.3, 0.4) is 0 Å². The zero-order chi connectivity index (χ0) is 15.1. The summed E-state index contributed by atoms with van der Waals surface area (Å²) in [5, 5.41) is 12.6. The molecule has 7 heteroatoms. The first-order valence-electron chi connectivity index (χ1n) is 6.80. The van der Waals surface area contributed by atoms with Crippen LogP contribution in [0.5, 0.6) is 0 Å². The van der Waals surface area contributed by atoms with Crippen LogP contribution in [0.2, 0.25) is 0 Å². The van der Waals surface area contributed by atoms with Crippen LogP contribution in [0.1, 0.15) is 16.8 Å². The Morgan fingerprint density at radius 3 is 3.19 bits per heavy atom. The van der Waals surface area contributed by atoms with Gasteiger partial charge in [-0.15, -0.1) is 11.8 Å². The summed E-state index contributed by atoms with van der Waals surface area (Å²) >= 11 is 3.27. The van der Waals surface area contributed by atoms with Gasteiger partial charge in [-0.2, -0.15) is 11.8 Å². The number of aliphatic hydroxyl groups is 1. The SMILES string of the molecule is CSc1ncccc1C(=O)NCC1(OCCO)CCSC1. The Labute approximate surface area is 133 Å². The van der Waals surface area contributed by atoms with E-state index in [-0.39, 0.29) is 18.1 Å². The molecule has 0 aromatic carbocycles. The molecule has 5 nitrogen and oxygen atoms in total. The van der Waals surface area contributed by atoms with Crippen LogP contribution in [0.25, 0.3) is 0 Å². The maximum atomic E-state index is 12.3. The van der Waals surface area contributed by atoms with Crippen molar-refractivity contribution in [3.05, 3.63) is 23.9 Å². The predicted octanol–water partition coefficient (Wildman–Crippen LogP) is 1.42. The van der Waals surface area contributed by atoms with E-state index >= 15 is 0 Å². The molecule has 2 heterocycles. The minimum atomic E-state index is -0.356. The minimum absolute atomic E-state index is 0.000406. The first-order valence-corrected chi connectivity index (χ1v) is 9.18. The number of aromatic nitrogens is 1. The number of aliphatic hydroxyl groups excluding tert-OH is 1. The summed E-state index contributed by atoms with van der Waals surface area (Å²) in [7, 11) is 0. The highest BCUT2D eigenvalue weighted by Crippen LogP contribution is 2.31. The molecule has 1 aromatic heterocycles. The standard InChI is InChI=1S/C14H20N2O3S2/c1-20-13-11(3-2-5-15-13)12(18)16-9-14(19-7-6-17)4-8-21-10-14/h2-3,5,17H,4,6-10H2,1H3,(H,16,18). The lowest BCUT2D eigenvalue weighted by molar-refractivity contribution is -0.0378. The Morgan fingerprint density at radius 2 is 2.52 bits per heavy atom. The number of carbonyl (C=O) groups excluding carboxylic acids is 1. The second-order valence-corrected chi connectivity index (χ2v) is 6.70. The van der Waals surface area contributed by atoms with Crippen molar-refractivity contribution in [3.8, 4) is 0 Å². The lowest BCUT2D eigenvalue weighted by Crippen LogP contribution is -2.46. The Morgan fingerprint density at radius 1 is 1.67 bits per heavy atom. The molecule has 0 bridgehead atoms. The van der Waals surface area contributed by atoms with Gasteiger partial charge < -0.3 is 15.2 Å². The molecule has 2 rings (SSSR count). The summed E-state index contributed by atoms with van der Waals surface area (Å²) in [6.45, 7) is 0.764. The van der Waals surface area contributed by atoms with E-state index in [0.717, 1.165) is 23.0 Å². The molecule has 21 heavy (non-hydrogen) atoms. The molecule has 2 N–H and O–H groups in total. The number of thioether (sulfide) groups is 2. The number of rotatable bonds is 7. The molecule has 0 aliphatic carbocycles. The van der Waals surface area contributed by atoms with E-state index in [2.05, 4.69) is 10.3 Å². The van der Waals surface area contributed by atoms with Crippen molar-refractivity contribution in [2.24, 2.45) is 0 Å². The van der Waals surface area contributed by atoms with E-state index in [9.17, 15) is 4.79 Å². The van der Waals surface area contributed by atoms with E-state index in [1.54, 1.807) is 18.3 Å². The number of amides is 1. The third-order valence-electron chi connectivity index (χ3n) is 3.35.